The number of allylic oxidation sites excluding steroid dienone is 1. The fourth-order valence-electron chi connectivity index (χ4n) is 3.38. The fourth-order valence-corrected chi connectivity index (χ4v) is 3.38. The molecule has 0 fully saturated rings. The lowest BCUT2D eigenvalue weighted by atomic mass is 9.82. The average Bonchev–Trinajstić information content (AvgIpc) is 2.76. The van der Waals surface area contributed by atoms with E-state index in [1.54, 1.807) is 12.1 Å². The lowest BCUT2D eigenvalue weighted by molar-refractivity contribution is 0.292. The van der Waals surface area contributed by atoms with Gasteiger partial charge in [0.25, 0.3) is 0 Å². The van der Waals surface area contributed by atoms with Crippen LogP contribution >= 0.6 is 0 Å². The van der Waals surface area contributed by atoms with Gasteiger partial charge in [0.05, 0.1) is 7.11 Å². The second-order valence-electron chi connectivity index (χ2n) is 6.26. The summed E-state index contributed by atoms with van der Waals surface area (Å²) in [4.78, 5) is 0. The van der Waals surface area contributed by atoms with Crippen molar-refractivity contribution in [2.24, 2.45) is 0 Å². The highest BCUT2D eigenvalue weighted by atomic mass is 16.5. The second-order valence-corrected chi connectivity index (χ2v) is 6.26. The molecule has 1 aliphatic rings. The number of methoxy groups -OCH3 is 1. The molecule has 0 saturated carbocycles. The highest BCUT2D eigenvalue weighted by Gasteiger charge is 2.36. The van der Waals surface area contributed by atoms with Gasteiger partial charge < -0.3 is 14.9 Å². The highest BCUT2D eigenvalue weighted by Crippen LogP contribution is 2.47. The van der Waals surface area contributed by atoms with Crippen LogP contribution in [0.4, 0.5) is 0 Å². The van der Waals surface area contributed by atoms with E-state index in [1.165, 1.54) is 12.7 Å². The average molecular weight is 308 g/mol. The molecule has 2 aromatic rings. The van der Waals surface area contributed by atoms with E-state index < -0.39 is 0 Å². The minimum Gasteiger partial charge on any atom is -0.512 e. The third kappa shape index (κ3) is 2.12. The summed E-state index contributed by atoms with van der Waals surface area (Å²) in [5.74, 6) is 0.390. The molecule has 0 spiro atoms. The minimum atomic E-state index is -0.189. The summed E-state index contributed by atoms with van der Waals surface area (Å²) in [6.45, 7) is 8.48. The Bertz CT molecular complexity index is 921. The van der Waals surface area contributed by atoms with E-state index in [1.807, 2.05) is 12.1 Å². The van der Waals surface area contributed by atoms with Crippen LogP contribution in [0.2, 0.25) is 0 Å². The Hall–Kier alpha value is -2.68. The standard InChI is InChI=1S/C20H20O3/c1-12-15(9-13(11-21)23-4)18(22)10-17-19(12)14-7-5-6-8-16(14)20(17,2)3/h5-11,21-22H,1H2,2-4H3/b13-11-,15-9+. The lowest BCUT2D eigenvalue weighted by Gasteiger charge is -2.21. The van der Waals surface area contributed by atoms with Crippen LogP contribution in [-0.4, -0.2) is 17.3 Å². The maximum atomic E-state index is 10.5. The molecule has 2 N–H and O–H groups in total. The Balaban J connectivity index is 2.42. The first-order valence-electron chi connectivity index (χ1n) is 7.47. The first-order chi connectivity index (χ1) is 10.9. The van der Waals surface area contributed by atoms with Crippen LogP contribution in [0.15, 0.2) is 42.4 Å². The van der Waals surface area contributed by atoms with Crippen LogP contribution in [0.1, 0.15) is 25.0 Å². The summed E-state index contributed by atoms with van der Waals surface area (Å²) in [5.41, 5.74) is 4.28. The second kappa shape index (κ2) is 5.20. The van der Waals surface area contributed by atoms with E-state index >= 15 is 0 Å². The summed E-state index contributed by atoms with van der Waals surface area (Å²) in [6, 6.07) is 10.0. The number of aromatic hydroxyl groups is 1. The predicted molar refractivity (Wildman–Crippen MR) is 92.6 cm³/mol. The number of phenolic OH excluding ortho intramolecular Hbond substituents is 1. The first-order valence-corrected chi connectivity index (χ1v) is 7.47. The summed E-state index contributed by atoms with van der Waals surface area (Å²) in [5, 5.41) is 20.9. The van der Waals surface area contributed by atoms with Crippen LogP contribution < -0.4 is 10.4 Å². The topological polar surface area (TPSA) is 49.7 Å². The van der Waals surface area contributed by atoms with Gasteiger partial charge in [0.2, 0.25) is 0 Å². The smallest absolute Gasteiger partial charge is 0.153 e. The van der Waals surface area contributed by atoms with E-state index in [0.717, 1.165) is 28.2 Å². The maximum absolute atomic E-state index is 10.5. The molecule has 0 amide bonds. The molecular weight excluding hydrogens is 288 g/mol. The van der Waals surface area contributed by atoms with Crippen LogP contribution in [0.3, 0.4) is 0 Å². The van der Waals surface area contributed by atoms with Crippen molar-refractivity contribution in [3.63, 3.8) is 0 Å². The predicted octanol–water partition coefficient (Wildman–Crippen LogP) is 2.94. The lowest BCUT2D eigenvalue weighted by Crippen LogP contribution is -2.28. The molecule has 0 bridgehead atoms. The molecule has 3 nitrogen and oxygen atoms in total. The van der Waals surface area contributed by atoms with Crippen molar-refractivity contribution in [3.8, 4) is 16.9 Å². The Morgan fingerprint density at radius 3 is 2.57 bits per heavy atom. The molecule has 0 saturated heterocycles. The Labute approximate surface area is 135 Å². The van der Waals surface area contributed by atoms with Gasteiger partial charge in [-0.2, -0.15) is 0 Å². The molecule has 0 radical (unpaired) electrons. The van der Waals surface area contributed by atoms with Gasteiger partial charge in [0.15, 0.2) is 5.76 Å². The van der Waals surface area contributed by atoms with Crippen LogP contribution in [0.5, 0.6) is 5.75 Å². The van der Waals surface area contributed by atoms with Gasteiger partial charge in [-0.05, 0) is 39.6 Å². The van der Waals surface area contributed by atoms with Gasteiger partial charge in [-0.25, -0.2) is 0 Å². The number of aliphatic hydroxyl groups excluding tert-OH is 1. The number of rotatable bonds is 2. The van der Waals surface area contributed by atoms with E-state index in [-0.39, 0.29) is 16.9 Å². The number of ether oxygens (including phenoxy) is 1. The van der Waals surface area contributed by atoms with Crippen molar-refractivity contribution in [1.82, 2.24) is 0 Å². The highest BCUT2D eigenvalue weighted by molar-refractivity contribution is 5.82. The molecule has 0 heterocycles. The normalized spacial score (nSPS) is 16.1. The summed E-state index contributed by atoms with van der Waals surface area (Å²) < 4.78 is 5.06. The van der Waals surface area contributed by atoms with E-state index in [2.05, 4.69) is 32.6 Å². The number of phenols is 1. The number of hydrogen-bond acceptors (Lipinski definition) is 3. The van der Waals surface area contributed by atoms with Crippen molar-refractivity contribution in [3.05, 3.63) is 63.9 Å². The largest absolute Gasteiger partial charge is 0.512 e. The van der Waals surface area contributed by atoms with Crippen LogP contribution in [0, 0.1) is 0 Å². The monoisotopic (exact) mass is 308 g/mol. The minimum absolute atomic E-state index is 0.131. The fraction of sp³-hybridized carbons (Fsp3) is 0.200. The summed E-state index contributed by atoms with van der Waals surface area (Å²) in [7, 11) is 1.46. The van der Waals surface area contributed by atoms with Crippen molar-refractivity contribution in [2.45, 2.75) is 19.3 Å². The van der Waals surface area contributed by atoms with E-state index in [9.17, 15) is 10.2 Å². The first kappa shape index (κ1) is 15.2. The Kier molecular flexibility index (Phi) is 3.44. The van der Waals surface area contributed by atoms with Gasteiger partial charge in [-0.1, -0.05) is 44.7 Å². The SMILES string of the molecule is C=c1c2c(cc(O)/c1=C/C(=C/O)OC)C(C)(C)c1ccccc1-2. The summed E-state index contributed by atoms with van der Waals surface area (Å²) in [6.07, 6.45) is 2.45. The molecule has 3 rings (SSSR count). The number of hydrogen-bond donors (Lipinski definition) is 2. The number of fused-ring (bicyclic) bond motifs is 3. The van der Waals surface area contributed by atoms with Gasteiger partial charge in [-0.15, -0.1) is 0 Å². The zero-order valence-corrected chi connectivity index (χ0v) is 13.6. The van der Waals surface area contributed by atoms with Gasteiger partial charge >= 0.3 is 0 Å². The third-order valence-electron chi connectivity index (χ3n) is 4.65. The number of aliphatic hydroxyl groups is 1. The molecule has 3 heteroatoms. The molecular formula is C20H20O3. The van der Waals surface area contributed by atoms with Crippen LogP contribution in [-0.2, 0) is 10.2 Å². The van der Waals surface area contributed by atoms with Crippen molar-refractivity contribution >= 4 is 12.7 Å². The maximum Gasteiger partial charge on any atom is 0.153 e. The van der Waals surface area contributed by atoms with Gasteiger partial charge in [0, 0.05) is 10.6 Å². The Morgan fingerprint density at radius 1 is 1.22 bits per heavy atom. The molecule has 0 aliphatic heterocycles. The van der Waals surface area contributed by atoms with Gasteiger partial charge in [-0.3, -0.25) is 0 Å². The van der Waals surface area contributed by atoms with E-state index in [4.69, 9.17) is 4.74 Å². The van der Waals surface area contributed by atoms with Crippen molar-refractivity contribution in [1.29, 1.82) is 0 Å². The molecule has 0 unspecified atom stereocenters. The Morgan fingerprint density at radius 2 is 1.91 bits per heavy atom. The molecule has 2 aromatic carbocycles. The molecule has 23 heavy (non-hydrogen) atoms. The van der Waals surface area contributed by atoms with Crippen molar-refractivity contribution in [2.75, 3.05) is 7.11 Å². The molecule has 0 atom stereocenters. The van der Waals surface area contributed by atoms with Crippen LogP contribution in [0.25, 0.3) is 23.8 Å². The third-order valence-corrected chi connectivity index (χ3v) is 4.65. The molecule has 118 valence electrons. The number of benzene rings is 2. The van der Waals surface area contributed by atoms with Gasteiger partial charge in [0.1, 0.15) is 12.0 Å². The zero-order valence-electron chi connectivity index (χ0n) is 13.6. The van der Waals surface area contributed by atoms with Crippen molar-refractivity contribution < 1.29 is 14.9 Å². The van der Waals surface area contributed by atoms with E-state index in [0.29, 0.717) is 5.22 Å². The molecule has 1 aliphatic carbocycles. The molecule has 0 aromatic heterocycles. The quantitative estimate of drug-likeness (QED) is 0.839. The zero-order chi connectivity index (χ0) is 16.8. The summed E-state index contributed by atoms with van der Waals surface area (Å²) >= 11 is 0.